The Labute approximate surface area is 761 Å². The molecule has 0 aliphatic heterocycles. The van der Waals surface area contributed by atoms with Crippen LogP contribution in [0.2, 0.25) is 0 Å². The van der Waals surface area contributed by atoms with Gasteiger partial charge in [0, 0.05) is 133 Å². The Kier molecular flexibility index (Phi) is 15.6. The van der Waals surface area contributed by atoms with Crippen molar-refractivity contribution in [2.75, 3.05) is 0 Å². The maximum absolute atomic E-state index is 5.97. The fourth-order valence-electron chi connectivity index (χ4n) is 21.7. The van der Waals surface area contributed by atoms with E-state index in [9.17, 15) is 0 Å². The van der Waals surface area contributed by atoms with Gasteiger partial charge in [0.1, 0.15) is 0 Å². The predicted molar refractivity (Wildman–Crippen MR) is 554 cm³/mol. The van der Waals surface area contributed by atoms with E-state index in [4.69, 9.17) is 29.9 Å². The number of rotatable bonds is 10. The van der Waals surface area contributed by atoms with Crippen LogP contribution in [0.4, 0.5) is 0 Å². The average molecular weight is 1710 g/mol. The van der Waals surface area contributed by atoms with Gasteiger partial charge < -0.3 is 4.57 Å². The zero-order valence-electron chi connectivity index (χ0n) is 70.5. The number of para-hydroxylation sites is 5. The van der Waals surface area contributed by atoms with Crippen LogP contribution >= 0.6 is 22.7 Å². The van der Waals surface area contributed by atoms with Gasteiger partial charge in [0.25, 0.3) is 0 Å². The highest BCUT2D eigenvalue weighted by atomic mass is 32.1. The lowest BCUT2D eigenvalue weighted by Gasteiger charge is -2.15. The van der Waals surface area contributed by atoms with E-state index in [2.05, 4.69) is 431 Å². The largest absolute Gasteiger partial charge is 0.309 e. The summed E-state index contributed by atoms with van der Waals surface area (Å²) in [6, 6.07) is 150. The minimum atomic E-state index is 0.588. The van der Waals surface area contributed by atoms with E-state index < -0.39 is 0 Å². The molecule has 0 unspecified atom stereocenters. The SMILES string of the molecule is c1ccc(-c2nc(-n3c4ccc(-c5ccc6c(c5)c5ccccc5n6-c5ccccc5)cc4c4ccc(-c5cccc(-c6nc(-n7c8ccccc8c8c9ccc(-c%10ccc%11nc(-n%12c%13ccccc%13c%13c%14c%15ccccc%15sc%14c%14ccccc%14c%13%12)nc(-c%12ccccc%12)c%11c%10)cc9c9c%10ccccc%10sc9c87)nc7c6ccc6ccccc67)c5)cc43)nc3ccccc23)cc1. The lowest BCUT2D eigenvalue weighted by atomic mass is 9.94. The lowest BCUT2D eigenvalue weighted by Crippen LogP contribution is -2.04. The van der Waals surface area contributed by atoms with E-state index in [-0.39, 0.29) is 0 Å². The van der Waals surface area contributed by atoms with E-state index in [1.54, 1.807) is 0 Å². The monoisotopic (exact) mass is 1710 g/mol. The predicted octanol–water partition coefficient (Wildman–Crippen LogP) is 32.1. The van der Waals surface area contributed by atoms with Crippen LogP contribution in [0.15, 0.2) is 413 Å². The second kappa shape index (κ2) is 28.2. The molecule has 0 atom stereocenters. The first kappa shape index (κ1) is 72.9. The molecule has 0 fully saturated rings. The van der Waals surface area contributed by atoms with Gasteiger partial charge in [-0.25, -0.2) is 29.9 Å². The molecule has 9 heterocycles. The minimum absolute atomic E-state index is 0.588. The molecule has 29 aromatic rings. The minimum Gasteiger partial charge on any atom is -0.309 e. The number of hydrogen-bond acceptors (Lipinski definition) is 8. The molecule has 29 rings (SSSR count). The van der Waals surface area contributed by atoms with Gasteiger partial charge in [-0.2, -0.15) is 0 Å². The molecule has 132 heavy (non-hydrogen) atoms. The topological polar surface area (TPSA) is 97.1 Å². The normalized spacial score (nSPS) is 12.2. The van der Waals surface area contributed by atoms with E-state index in [0.29, 0.717) is 17.8 Å². The first-order valence-electron chi connectivity index (χ1n) is 44.7. The molecule has 0 N–H and O–H groups in total. The molecule has 0 aliphatic carbocycles. The highest BCUT2D eigenvalue weighted by molar-refractivity contribution is 7.27. The number of fused-ring (bicyclic) bond motifs is 31. The summed E-state index contributed by atoms with van der Waals surface area (Å²) in [5, 5.41) is 23.9. The summed E-state index contributed by atoms with van der Waals surface area (Å²) in [6.07, 6.45) is 0. The molecule has 0 aliphatic rings. The van der Waals surface area contributed by atoms with Crippen LogP contribution < -0.4 is 0 Å². The lowest BCUT2D eigenvalue weighted by molar-refractivity contribution is 1.01. The Hall–Kier alpha value is -17.2. The van der Waals surface area contributed by atoms with E-state index in [1.807, 2.05) is 22.7 Å². The molecular weight excluding hydrogens is 1650 g/mol. The third-order valence-corrected chi connectivity index (χ3v) is 29.9. The molecule has 0 bridgehead atoms. The molecule has 9 aromatic heterocycles. The summed E-state index contributed by atoms with van der Waals surface area (Å²) >= 11 is 3.71. The van der Waals surface area contributed by atoms with E-state index >= 15 is 0 Å². The van der Waals surface area contributed by atoms with Crippen molar-refractivity contribution in [1.29, 1.82) is 0 Å². The van der Waals surface area contributed by atoms with Crippen molar-refractivity contribution in [2.45, 2.75) is 0 Å². The highest BCUT2D eigenvalue weighted by Crippen LogP contribution is 2.53. The first-order valence-corrected chi connectivity index (χ1v) is 46.3. The summed E-state index contributed by atoms with van der Waals surface area (Å²) in [7, 11) is 0. The van der Waals surface area contributed by atoms with Gasteiger partial charge in [0.15, 0.2) is 0 Å². The summed E-state index contributed by atoms with van der Waals surface area (Å²) in [6.45, 7) is 0. The number of benzene rings is 20. The third-order valence-electron chi connectivity index (χ3n) is 27.5. The Morgan fingerprint density at radius 2 is 0.614 bits per heavy atom. The van der Waals surface area contributed by atoms with Gasteiger partial charge in [0.05, 0.1) is 82.5 Å². The fourth-order valence-corrected chi connectivity index (χ4v) is 24.2. The van der Waals surface area contributed by atoms with Gasteiger partial charge in [-0.05, 0) is 159 Å². The van der Waals surface area contributed by atoms with Crippen molar-refractivity contribution in [2.24, 2.45) is 0 Å². The summed E-state index contributed by atoms with van der Waals surface area (Å²) in [5.74, 6) is 1.81. The Balaban J connectivity index is 0.601. The van der Waals surface area contributed by atoms with E-state index in [0.717, 1.165) is 187 Å². The second-order valence-corrected chi connectivity index (χ2v) is 36.7. The highest BCUT2D eigenvalue weighted by Gasteiger charge is 2.30. The molecule has 0 saturated heterocycles. The van der Waals surface area contributed by atoms with Crippen LogP contribution in [0.25, 0.3) is 283 Å². The summed E-state index contributed by atoms with van der Waals surface area (Å²) < 4.78 is 14.3. The van der Waals surface area contributed by atoms with Gasteiger partial charge in [-0.3, -0.25) is 13.7 Å². The Morgan fingerprint density at radius 1 is 0.182 bits per heavy atom. The fraction of sp³-hybridized carbons (Fsp3) is 0. The maximum atomic E-state index is 5.97. The average Bonchev–Trinajstić information content (AvgIpc) is 1.53. The summed E-state index contributed by atoms with van der Waals surface area (Å²) in [4.78, 5) is 34.4. The van der Waals surface area contributed by atoms with Crippen LogP contribution in [-0.2, 0) is 0 Å². The van der Waals surface area contributed by atoms with E-state index in [1.165, 1.54) is 78.9 Å². The van der Waals surface area contributed by atoms with Crippen molar-refractivity contribution >= 4 is 215 Å². The van der Waals surface area contributed by atoms with Crippen LogP contribution in [-0.4, -0.2) is 48.2 Å². The Morgan fingerprint density at radius 3 is 1.31 bits per heavy atom. The van der Waals surface area contributed by atoms with Crippen molar-refractivity contribution in [1.82, 2.24) is 48.2 Å². The smallest absolute Gasteiger partial charge is 0.235 e. The standard InChI is InChI=1S/C120H68N10S2/c1-4-28-70(29-5-1)110-86-40-14-20-45-96(86)121-118(123-110)128-102-62-56-76(75-55-61-101-92(64-75)81-37-15-21-46-98(81)127(101)79-34-8-3-9-35-79)65-93(102)82-57-52-77(68-103(82)128)72-32-26-33-78(63-72)112-91-59-51-69-27-10-11-36-80(69)113(91)126-120(125-112)130-99-47-22-16-41-87(99)106-83-58-53-73(66-94(83)107-89-43-18-24-49-104(89)132-117(107)115(106)130)74-54-60-97-95(67-74)111(71-30-6-2-7-31-71)124-119(122-97)129-100-48-23-17-42-88(100)108-109-90-44-19-25-50-105(90)131-116(109)85-39-13-12-38-84(85)114(108)129/h1-68H. The molecule has 0 spiro atoms. The zero-order valence-corrected chi connectivity index (χ0v) is 72.2. The van der Waals surface area contributed by atoms with Gasteiger partial charge in [-0.15, -0.1) is 22.7 Å². The van der Waals surface area contributed by atoms with Crippen LogP contribution in [0, 0.1) is 0 Å². The molecule has 0 radical (unpaired) electrons. The van der Waals surface area contributed by atoms with Crippen molar-refractivity contribution < 1.29 is 0 Å². The van der Waals surface area contributed by atoms with Gasteiger partial charge in [0.2, 0.25) is 17.8 Å². The van der Waals surface area contributed by atoms with Gasteiger partial charge >= 0.3 is 0 Å². The van der Waals surface area contributed by atoms with Crippen molar-refractivity contribution in [3.05, 3.63) is 413 Å². The quantitative estimate of drug-likeness (QED) is 0.127. The van der Waals surface area contributed by atoms with Crippen LogP contribution in [0.5, 0.6) is 0 Å². The molecule has 10 nitrogen and oxygen atoms in total. The molecule has 20 aromatic carbocycles. The van der Waals surface area contributed by atoms with Gasteiger partial charge in [-0.1, -0.05) is 303 Å². The number of nitrogens with zero attached hydrogens (tertiary/aromatic N) is 10. The zero-order chi connectivity index (χ0) is 86.1. The number of hydrogen-bond donors (Lipinski definition) is 0. The van der Waals surface area contributed by atoms with Crippen molar-refractivity contribution in [3.63, 3.8) is 0 Å². The first-order chi connectivity index (χ1) is 65.5. The molecule has 610 valence electrons. The third kappa shape index (κ3) is 10.7. The molecule has 0 amide bonds. The number of thiophene rings is 2. The summed E-state index contributed by atoms with van der Waals surface area (Å²) in [5.41, 5.74) is 24.3. The Bertz CT molecular complexity index is 10100. The number of aromatic nitrogens is 10. The molecule has 0 saturated carbocycles. The van der Waals surface area contributed by atoms with Crippen LogP contribution in [0.1, 0.15) is 0 Å². The second-order valence-electron chi connectivity index (χ2n) is 34.6. The maximum Gasteiger partial charge on any atom is 0.235 e. The van der Waals surface area contributed by atoms with Crippen LogP contribution in [0.3, 0.4) is 0 Å². The molecular formula is C120H68N10S2. The van der Waals surface area contributed by atoms with Crippen molar-refractivity contribution in [3.8, 4) is 90.7 Å². The molecule has 12 heteroatoms.